The van der Waals surface area contributed by atoms with E-state index in [2.05, 4.69) is 4.98 Å². The molecule has 0 aliphatic carbocycles. The number of aromatic nitrogens is 1. The number of carbonyl (C=O) groups is 2. The van der Waals surface area contributed by atoms with Crippen LogP contribution in [0.25, 0.3) is 0 Å². The second-order valence-electron chi connectivity index (χ2n) is 7.37. The number of nitrogens with zero attached hydrogens (tertiary/aromatic N) is 2. The lowest BCUT2D eigenvalue weighted by Gasteiger charge is -2.17. The van der Waals surface area contributed by atoms with Crippen molar-refractivity contribution in [2.75, 3.05) is 4.90 Å². The highest BCUT2D eigenvalue weighted by atomic mass is 16.5. The normalized spacial score (nSPS) is 21.2. The summed E-state index contributed by atoms with van der Waals surface area (Å²) >= 11 is 0. The fourth-order valence-corrected chi connectivity index (χ4v) is 3.35. The Morgan fingerprint density at radius 2 is 2.04 bits per heavy atom. The number of fused-ring (bicyclic) bond motifs is 1. The Kier molecular flexibility index (Phi) is 3.80. The van der Waals surface area contributed by atoms with Crippen LogP contribution in [-0.4, -0.2) is 16.8 Å². The van der Waals surface area contributed by atoms with Gasteiger partial charge < -0.3 is 9.47 Å². The summed E-state index contributed by atoms with van der Waals surface area (Å²) in [5.74, 6) is 0.670. The molecule has 1 atom stereocenters. The third-order valence-electron chi connectivity index (χ3n) is 4.87. The van der Waals surface area contributed by atoms with Crippen LogP contribution in [0.2, 0.25) is 0 Å². The second-order valence-corrected chi connectivity index (χ2v) is 7.37. The van der Waals surface area contributed by atoms with E-state index in [4.69, 9.17) is 9.47 Å². The summed E-state index contributed by atoms with van der Waals surface area (Å²) < 4.78 is 11.4. The molecule has 3 heterocycles. The Balaban J connectivity index is 1.53. The quantitative estimate of drug-likeness (QED) is 0.787. The van der Waals surface area contributed by atoms with Gasteiger partial charge in [0.1, 0.15) is 5.75 Å². The van der Waals surface area contributed by atoms with Gasteiger partial charge in [-0.1, -0.05) is 19.9 Å². The smallest absolute Gasteiger partial charge is 0.239 e. The van der Waals surface area contributed by atoms with E-state index in [1.54, 1.807) is 26.0 Å². The van der Waals surface area contributed by atoms with Crippen molar-refractivity contribution in [3.63, 3.8) is 0 Å². The molecule has 0 bridgehead atoms. The van der Waals surface area contributed by atoms with Crippen molar-refractivity contribution < 1.29 is 19.1 Å². The van der Waals surface area contributed by atoms with Crippen LogP contribution in [0.3, 0.4) is 0 Å². The first-order valence-corrected chi connectivity index (χ1v) is 8.61. The van der Waals surface area contributed by atoms with Crippen molar-refractivity contribution in [1.29, 1.82) is 0 Å². The average Bonchev–Trinajstić information content (AvgIpc) is 3.06. The molecule has 0 radical (unpaired) electrons. The van der Waals surface area contributed by atoms with Crippen LogP contribution < -0.4 is 9.64 Å². The van der Waals surface area contributed by atoms with Gasteiger partial charge >= 0.3 is 0 Å². The lowest BCUT2D eigenvalue weighted by molar-refractivity contribution is -0.124. The minimum atomic E-state index is -0.671. The highest BCUT2D eigenvalue weighted by Crippen LogP contribution is 2.36. The number of rotatable bonds is 3. The molecule has 2 amide bonds. The molecule has 0 saturated carbocycles. The summed E-state index contributed by atoms with van der Waals surface area (Å²) in [5, 5.41) is 0. The van der Waals surface area contributed by atoms with Crippen LogP contribution in [0, 0.1) is 5.41 Å². The molecule has 6 nitrogen and oxygen atoms in total. The van der Waals surface area contributed by atoms with Crippen LogP contribution in [0.1, 0.15) is 44.4 Å². The number of anilines is 1. The summed E-state index contributed by atoms with van der Waals surface area (Å²) in [5.41, 5.74) is 2.08. The molecule has 134 valence electrons. The number of hydrogen-bond acceptors (Lipinski definition) is 5. The Bertz CT molecular complexity index is 889. The first kappa shape index (κ1) is 16.7. The van der Waals surface area contributed by atoms with Gasteiger partial charge in [-0.25, -0.2) is 9.88 Å². The molecule has 1 saturated heterocycles. The summed E-state index contributed by atoms with van der Waals surface area (Å²) in [6.45, 7) is 6.18. The van der Waals surface area contributed by atoms with E-state index in [-0.39, 0.29) is 24.3 Å². The van der Waals surface area contributed by atoms with Crippen LogP contribution in [0.15, 0.2) is 36.5 Å². The van der Waals surface area contributed by atoms with Gasteiger partial charge in [0.2, 0.25) is 17.7 Å². The van der Waals surface area contributed by atoms with Crippen molar-refractivity contribution in [1.82, 2.24) is 4.98 Å². The second kappa shape index (κ2) is 5.92. The van der Waals surface area contributed by atoms with Gasteiger partial charge in [0.25, 0.3) is 0 Å². The predicted molar refractivity (Wildman–Crippen MR) is 94.8 cm³/mol. The Labute approximate surface area is 151 Å². The van der Waals surface area contributed by atoms with E-state index >= 15 is 0 Å². The topological polar surface area (TPSA) is 68.7 Å². The molecule has 26 heavy (non-hydrogen) atoms. The van der Waals surface area contributed by atoms with Gasteiger partial charge in [-0.15, -0.1) is 0 Å². The summed E-state index contributed by atoms with van der Waals surface area (Å²) in [4.78, 5) is 30.0. The maximum absolute atomic E-state index is 12.4. The van der Waals surface area contributed by atoms with E-state index < -0.39 is 5.41 Å². The number of amides is 2. The van der Waals surface area contributed by atoms with E-state index in [0.29, 0.717) is 23.9 Å². The fraction of sp³-hybridized carbons (Fsp3) is 0.350. The van der Waals surface area contributed by atoms with E-state index in [1.165, 1.54) is 16.7 Å². The van der Waals surface area contributed by atoms with Gasteiger partial charge in [0.15, 0.2) is 0 Å². The van der Waals surface area contributed by atoms with E-state index in [1.807, 2.05) is 25.1 Å². The lowest BCUT2D eigenvalue weighted by Crippen LogP contribution is -2.32. The van der Waals surface area contributed by atoms with Crippen molar-refractivity contribution in [3.05, 3.63) is 47.7 Å². The molecular formula is C20H20N2O4. The number of benzene rings is 1. The number of carbonyl (C=O) groups excluding carboxylic acids is 2. The van der Waals surface area contributed by atoms with Crippen LogP contribution in [-0.2, 0) is 20.9 Å². The number of ether oxygens (including phenoxy) is 2. The molecule has 1 aromatic heterocycles. The molecule has 0 N–H and O–H groups in total. The molecular weight excluding hydrogens is 332 g/mol. The minimum absolute atomic E-state index is 0.0550. The molecule has 1 unspecified atom stereocenters. The standard InChI is InChI=1S/C20H20N2O4/c1-12-16-8-15(6-4-13(16)11-25-12)26-17-7-5-14(10-21-17)22-18(23)9-20(2,3)19(22)24/h4-8,10,12H,9,11H2,1-3H3. The third-order valence-corrected chi connectivity index (χ3v) is 4.87. The molecule has 6 heteroatoms. The number of pyridine rings is 1. The van der Waals surface area contributed by atoms with Crippen LogP contribution in [0.4, 0.5) is 5.69 Å². The summed E-state index contributed by atoms with van der Waals surface area (Å²) in [6.07, 6.45) is 1.75. The summed E-state index contributed by atoms with van der Waals surface area (Å²) in [7, 11) is 0. The van der Waals surface area contributed by atoms with Gasteiger partial charge in [-0.2, -0.15) is 0 Å². The van der Waals surface area contributed by atoms with Gasteiger partial charge in [-0.3, -0.25) is 9.59 Å². The summed E-state index contributed by atoms with van der Waals surface area (Å²) in [6, 6.07) is 9.17. The fourth-order valence-electron chi connectivity index (χ4n) is 3.35. The van der Waals surface area contributed by atoms with Crippen molar-refractivity contribution in [2.45, 2.75) is 39.9 Å². The Hall–Kier alpha value is -2.73. The molecule has 2 aliphatic rings. The predicted octanol–water partition coefficient (Wildman–Crippen LogP) is 3.75. The van der Waals surface area contributed by atoms with Gasteiger partial charge in [-0.05, 0) is 36.2 Å². The SMILES string of the molecule is CC1OCc2ccc(Oc3ccc(N4C(=O)CC(C)(C)C4=O)cn3)cc21. The average molecular weight is 352 g/mol. The highest BCUT2D eigenvalue weighted by molar-refractivity contribution is 6.22. The molecule has 2 aromatic rings. The van der Waals surface area contributed by atoms with Crippen LogP contribution >= 0.6 is 0 Å². The first-order chi connectivity index (χ1) is 12.3. The zero-order chi connectivity index (χ0) is 18.5. The van der Waals surface area contributed by atoms with E-state index in [0.717, 1.165) is 5.56 Å². The molecule has 4 rings (SSSR count). The monoisotopic (exact) mass is 352 g/mol. The van der Waals surface area contributed by atoms with Crippen molar-refractivity contribution in [2.24, 2.45) is 5.41 Å². The van der Waals surface area contributed by atoms with Gasteiger partial charge in [0.05, 0.1) is 30.0 Å². The Morgan fingerprint density at radius 3 is 2.69 bits per heavy atom. The molecule has 2 aliphatic heterocycles. The molecule has 1 aromatic carbocycles. The minimum Gasteiger partial charge on any atom is -0.439 e. The Morgan fingerprint density at radius 1 is 1.23 bits per heavy atom. The molecule has 1 fully saturated rings. The third kappa shape index (κ3) is 2.76. The lowest BCUT2D eigenvalue weighted by atomic mass is 9.92. The number of imide groups is 1. The van der Waals surface area contributed by atoms with Crippen molar-refractivity contribution >= 4 is 17.5 Å². The zero-order valence-corrected chi connectivity index (χ0v) is 15.0. The highest BCUT2D eigenvalue weighted by Gasteiger charge is 2.45. The first-order valence-electron chi connectivity index (χ1n) is 8.61. The largest absolute Gasteiger partial charge is 0.439 e. The molecule has 0 spiro atoms. The number of hydrogen-bond donors (Lipinski definition) is 0. The van der Waals surface area contributed by atoms with Gasteiger partial charge in [0, 0.05) is 12.5 Å². The van der Waals surface area contributed by atoms with Crippen molar-refractivity contribution in [3.8, 4) is 11.6 Å². The van der Waals surface area contributed by atoms with E-state index in [9.17, 15) is 9.59 Å². The zero-order valence-electron chi connectivity index (χ0n) is 15.0. The van der Waals surface area contributed by atoms with Crippen LogP contribution in [0.5, 0.6) is 11.6 Å². The maximum Gasteiger partial charge on any atom is 0.239 e. The maximum atomic E-state index is 12.4.